The van der Waals surface area contributed by atoms with Crippen molar-refractivity contribution in [1.29, 1.82) is 0 Å². The number of ether oxygens (including phenoxy) is 2. The van der Waals surface area contributed by atoms with Crippen LogP contribution in [0.3, 0.4) is 0 Å². The van der Waals surface area contributed by atoms with Crippen LogP contribution in [0.2, 0.25) is 0 Å². The SMILES string of the molecule is COc1ccc(C)cc1NC(=O)[C@@H](C)OC(=O)c1cc(C)n(Cc2ccco2)c1C. The fourth-order valence-corrected chi connectivity index (χ4v) is 3.24. The van der Waals surface area contributed by atoms with Gasteiger partial charge in [0.05, 0.1) is 31.2 Å². The lowest BCUT2D eigenvalue weighted by molar-refractivity contribution is -0.123. The van der Waals surface area contributed by atoms with Crippen molar-refractivity contribution in [1.82, 2.24) is 4.57 Å². The normalized spacial score (nSPS) is 11.8. The third-order valence-electron chi connectivity index (χ3n) is 4.95. The second-order valence-corrected chi connectivity index (χ2v) is 7.19. The van der Waals surface area contributed by atoms with Crippen molar-refractivity contribution >= 4 is 17.6 Å². The summed E-state index contributed by atoms with van der Waals surface area (Å²) in [7, 11) is 1.53. The zero-order chi connectivity index (χ0) is 21.8. The summed E-state index contributed by atoms with van der Waals surface area (Å²) >= 11 is 0. The van der Waals surface area contributed by atoms with Gasteiger partial charge in [-0.15, -0.1) is 0 Å². The molecule has 1 N–H and O–H groups in total. The third kappa shape index (κ3) is 4.56. The molecule has 0 aliphatic heterocycles. The fraction of sp³-hybridized carbons (Fsp3) is 0.304. The Balaban J connectivity index is 1.70. The standard InChI is InChI=1S/C23H26N2O5/c1-14-8-9-21(28-5)20(11-14)24-22(26)17(4)30-23(27)19-12-15(2)25(16(19)3)13-18-7-6-10-29-18/h6-12,17H,13H2,1-5H3,(H,24,26)/t17-/m1/s1. The number of benzene rings is 1. The molecule has 0 saturated heterocycles. The number of amides is 1. The lowest BCUT2D eigenvalue weighted by Crippen LogP contribution is -2.30. The van der Waals surface area contributed by atoms with E-state index in [-0.39, 0.29) is 0 Å². The quantitative estimate of drug-likeness (QED) is 0.589. The summed E-state index contributed by atoms with van der Waals surface area (Å²) in [4.78, 5) is 25.3. The van der Waals surface area contributed by atoms with Crippen LogP contribution < -0.4 is 10.1 Å². The number of hydrogen-bond acceptors (Lipinski definition) is 5. The van der Waals surface area contributed by atoms with Crippen molar-refractivity contribution in [2.45, 2.75) is 40.3 Å². The van der Waals surface area contributed by atoms with Gasteiger partial charge in [0.25, 0.3) is 5.91 Å². The maximum absolute atomic E-state index is 12.7. The van der Waals surface area contributed by atoms with Crippen LogP contribution in [-0.4, -0.2) is 29.7 Å². The first-order chi connectivity index (χ1) is 14.3. The van der Waals surface area contributed by atoms with Crippen LogP contribution in [0.4, 0.5) is 5.69 Å². The number of aromatic nitrogens is 1. The summed E-state index contributed by atoms with van der Waals surface area (Å²) in [5.41, 5.74) is 3.58. The van der Waals surface area contributed by atoms with Gasteiger partial charge in [-0.3, -0.25) is 4.79 Å². The predicted octanol–water partition coefficient (Wildman–Crippen LogP) is 4.25. The molecular formula is C23H26N2O5. The van der Waals surface area contributed by atoms with Crippen LogP contribution in [-0.2, 0) is 16.1 Å². The molecule has 1 amide bonds. The average Bonchev–Trinajstić information content (AvgIpc) is 3.32. The molecule has 7 nitrogen and oxygen atoms in total. The minimum atomic E-state index is -0.976. The van der Waals surface area contributed by atoms with Crippen LogP contribution in [0, 0.1) is 20.8 Å². The Bertz CT molecular complexity index is 1050. The van der Waals surface area contributed by atoms with Crippen molar-refractivity contribution < 1.29 is 23.5 Å². The molecule has 3 rings (SSSR count). The Morgan fingerprint density at radius 2 is 1.93 bits per heavy atom. The first-order valence-corrected chi connectivity index (χ1v) is 9.65. The van der Waals surface area contributed by atoms with E-state index >= 15 is 0 Å². The molecule has 30 heavy (non-hydrogen) atoms. The molecule has 0 bridgehead atoms. The minimum Gasteiger partial charge on any atom is -0.495 e. The van der Waals surface area contributed by atoms with Gasteiger partial charge >= 0.3 is 5.97 Å². The van der Waals surface area contributed by atoms with Gasteiger partial charge in [0, 0.05) is 11.4 Å². The number of anilines is 1. The zero-order valence-electron chi connectivity index (χ0n) is 17.8. The average molecular weight is 410 g/mol. The van der Waals surface area contributed by atoms with E-state index in [2.05, 4.69) is 5.32 Å². The number of methoxy groups -OCH3 is 1. The van der Waals surface area contributed by atoms with Crippen molar-refractivity contribution in [3.63, 3.8) is 0 Å². The molecule has 2 heterocycles. The van der Waals surface area contributed by atoms with E-state index in [1.165, 1.54) is 14.0 Å². The molecule has 0 spiro atoms. The molecule has 0 fully saturated rings. The highest BCUT2D eigenvalue weighted by Gasteiger charge is 2.23. The number of rotatable bonds is 7. The number of nitrogens with zero attached hydrogens (tertiary/aromatic N) is 1. The summed E-state index contributed by atoms with van der Waals surface area (Å²) in [6, 6.07) is 10.9. The van der Waals surface area contributed by atoms with Crippen molar-refractivity contribution in [3.8, 4) is 5.75 Å². The Hall–Kier alpha value is -3.48. The number of furan rings is 1. The van der Waals surface area contributed by atoms with Crippen LogP contribution in [0.25, 0.3) is 0 Å². The first-order valence-electron chi connectivity index (χ1n) is 9.65. The van der Waals surface area contributed by atoms with E-state index in [1.807, 2.05) is 43.5 Å². The van der Waals surface area contributed by atoms with Gasteiger partial charge in [0.1, 0.15) is 11.5 Å². The summed E-state index contributed by atoms with van der Waals surface area (Å²) in [6.45, 7) is 7.72. The second-order valence-electron chi connectivity index (χ2n) is 7.19. The van der Waals surface area contributed by atoms with Gasteiger partial charge in [-0.1, -0.05) is 6.07 Å². The van der Waals surface area contributed by atoms with Gasteiger partial charge in [-0.25, -0.2) is 4.79 Å². The van der Waals surface area contributed by atoms with Crippen molar-refractivity contribution in [2.75, 3.05) is 12.4 Å². The Kier molecular flexibility index (Phi) is 6.30. The highest BCUT2D eigenvalue weighted by Crippen LogP contribution is 2.25. The smallest absolute Gasteiger partial charge is 0.340 e. The molecule has 0 aliphatic rings. The van der Waals surface area contributed by atoms with Crippen molar-refractivity contribution in [2.24, 2.45) is 0 Å². The summed E-state index contributed by atoms with van der Waals surface area (Å²) < 4.78 is 18.1. The molecule has 3 aromatic rings. The lowest BCUT2D eigenvalue weighted by atomic mass is 10.2. The van der Waals surface area contributed by atoms with Gasteiger partial charge in [-0.05, 0) is 63.6 Å². The molecule has 0 unspecified atom stereocenters. The Morgan fingerprint density at radius 1 is 1.17 bits per heavy atom. The Morgan fingerprint density at radius 3 is 2.60 bits per heavy atom. The number of carbonyl (C=O) groups is 2. The maximum atomic E-state index is 12.7. The molecule has 7 heteroatoms. The van der Waals surface area contributed by atoms with E-state index < -0.39 is 18.0 Å². The molecule has 1 atom stereocenters. The van der Waals surface area contributed by atoms with Crippen molar-refractivity contribution in [3.05, 3.63) is 70.9 Å². The number of aryl methyl sites for hydroxylation is 2. The zero-order valence-corrected chi connectivity index (χ0v) is 17.8. The molecule has 0 radical (unpaired) electrons. The van der Waals surface area contributed by atoms with Crippen LogP contribution in [0.1, 0.15) is 40.0 Å². The molecule has 0 aliphatic carbocycles. The largest absolute Gasteiger partial charge is 0.495 e. The molecule has 0 saturated carbocycles. The van der Waals surface area contributed by atoms with E-state index in [0.717, 1.165) is 22.7 Å². The molecule has 1 aromatic carbocycles. The topological polar surface area (TPSA) is 82.7 Å². The summed E-state index contributed by atoms with van der Waals surface area (Å²) in [5, 5.41) is 2.76. The lowest BCUT2D eigenvalue weighted by Gasteiger charge is -2.16. The fourth-order valence-electron chi connectivity index (χ4n) is 3.24. The third-order valence-corrected chi connectivity index (χ3v) is 4.95. The molecule has 158 valence electrons. The first kappa shape index (κ1) is 21.2. The molecular weight excluding hydrogens is 384 g/mol. The van der Waals surface area contributed by atoms with Crippen LogP contribution in [0.15, 0.2) is 47.1 Å². The van der Waals surface area contributed by atoms with Crippen LogP contribution in [0.5, 0.6) is 5.75 Å². The highest BCUT2D eigenvalue weighted by molar-refractivity contribution is 5.98. The van der Waals surface area contributed by atoms with Gasteiger partial charge in [-0.2, -0.15) is 0 Å². The van der Waals surface area contributed by atoms with Gasteiger partial charge in [0.2, 0.25) is 0 Å². The van der Waals surface area contributed by atoms with Gasteiger partial charge < -0.3 is 23.8 Å². The van der Waals surface area contributed by atoms with E-state index in [1.54, 1.807) is 24.5 Å². The molecule has 2 aromatic heterocycles. The van der Waals surface area contributed by atoms with E-state index in [0.29, 0.717) is 23.5 Å². The summed E-state index contributed by atoms with van der Waals surface area (Å²) in [6.07, 6.45) is 0.637. The van der Waals surface area contributed by atoms with E-state index in [9.17, 15) is 9.59 Å². The van der Waals surface area contributed by atoms with Crippen LogP contribution >= 0.6 is 0 Å². The predicted molar refractivity (Wildman–Crippen MR) is 113 cm³/mol. The number of hydrogen-bond donors (Lipinski definition) is 1. The minimum absolute atomic E-state index is 0.423. The summed E-state index contributed by atoms with van der Waals surface area (Å²) in [5.74, 6) is 0.342. The number of esters is 1. The van der Waals surface area contributed by atoms with Gasteiger partial charge in [0.15, 0.2) is 6.10 Å². The highest BCUT2D eigenvalue weighted by atomic mass is 16.5. The number of nitrogens with one attached hydrogen (secondary N) is 1. The monoisotopic (exact) mass is 410 g/mol. The Labute approximate surface area is 175 Å². The maximum Gasteiger partial charge on any atom is 0.340 e. The number of carbonyl (C=O) groups excluding carboxylic acids is 2. The second kappa shape index (κ2) is 8.90. The van der Waals surface area contributed by atoms with E-state index in [4.69, 9.17) is 13.9 Å².